The van der Waals surface area contributed by atoms with Gasteiger partial charge in [-0.1, -0.05) is 12.1 Å². The minimum absolute atomic E-state index is 0.116. The van der Waals surface area contributed by atoms with Crippen molar-refractivity contribution in [2.45, 2.75) is 6.92 Å². The molecule has 0 spiro atoms. The van der Waals surface area contributed by atoms with Gasteiger partial charge in [-0.2, -0.15) is 0 Å². The predicted molar refractivity (Wildman–Crippen MR) is 118 cm³/mol. The number of likely N-dealkylation sites (N-methyl/N-ethyl adjacent to an activating group) is 1. The average Bonchev–Trinajstić information content (AvgIpc) is 2.69. The van der Waals surface area contributed by atoms with Crippen molar-refractivity contribution in [3.05, 3.63) is 54.1 Å². The molecule has 2 N–H and O–H groups in total. The van der Waals surface area contributed by atoms with E-state index in [0.29, 0.717) is 5.11 Å². The Morgan fingerprint density at radius 1 is 1.11 bits per heavy atom. The Morgan fingerprint density at radius 2 is 1.82 bits per heavy atom. The van der Waals surface area contributed by atoms with Crippen LogP contribution in [0.3, 0.4) is 0 Å². The van der Waals surface area contributed by atoms with Gasteiger partial charge in [0.1, 0.15) is 0 Å². The lowest BCUT2D eigenvalue weighted by Crippen LogP contribution is -2.37. The van der Waals surface area contributed by atoms with Crippen LogP contribution in [0.25, 0.3) is 0 Å². The predicted octanol–water partition coefficient (Wildman–Crippen LogP) is 3.10. The van der Waals surface area contributed by atoms with Gasteiger partial charge < -0.3 is 25.2 Å². The standard InChI is InChI=1S/C21H26N4O2S/c1-16-4-3-5-18(14-16)23-21(28)24(2)15-20(26)22-17-6-8-19(9-7-17)25-10-12-27-13-11-25/h3-9,14H,10-13,15H2,1-2H3,(H,22,26)(H,23,28). The number of hydrogen-bond acceptors (Lipinski definition) is 4. The topological polar surface area (TPSA) is 56.8 Å². The molecule has 1 saturated heterocycles. The first-order chi connectivity index (χ1) is 13.5. The molecule has 0 aliphatic carbocycles. The number of carbonyl (C=O) groups is 1. The number of morpholine rings is 1. The van der Waals surface area contributed by atoms with Gasteiger partial charge in [0, 0.05) is 37.2 Å². The molecule has 1 heterocycles. The smallest absolute Gasteiger partial charge is 0.243 e. The highest BCUT2D eigenvalue weighted by atomic mass is 32.1. The first-order valence-corrected chi connectivity index (χ1v) is 9.73. The zero-order chi connectivity index (χ0) is 19.9. The largest absolute Gasteiger partial charge is 0.378 e. The van der Waals surface area contributed by atoms with Crippen molar-refractivity contribution in [2.24, 2.45) is 0 Å². The summed E-state index contributed by atoms with van der Waals surface area (Å²) in [6.45, 7) is 5.48. The summed E-state index contributed by atoms with van der Waals surface area (Å²) in [4.78, 5) is 16.3. The van der Waals surface area contributed by atoms with E-state index in [4.69, 9.17) is 17.0 Å². The summed E-state index contributed by atoms with van der Waals surface area (Å²) >= 11 is 5.39. The molecule has 2 aromatic rings. The van der Waals surface area contributed by atoms with E-state index in [2.05, 4.69) is 15.5 Å². The zero-order valence-corrected chi connectivity index (χ0v) is 17.1. The molecular formula is C21H26N4O2S. The molecule has 1 fully saturated rings. The molecule has 0 unspecified atom stereocenters. The van der Waals surface area contributed by atoms with Crippen LogP contribution < -0.4 is 15.5 Å². The number of nitrogens with one attached hydrogen (secondary N) is 2. The van der Waals surface area contributed by atoms with Crippen LogP contribution in [0.1, 0.15) is 5.56 Å². The Kier molecular flexibility index (Phi) is 6.84. The molecule has 0 bridgehead atoms. The van der Waals surface area contributed by atoms with Crippen molar-refractivity contribution in [1.29, 1.82) is 0 Å². The van der Waals surface area contributed by atoms with Crippen LogP contribution >= 0.6 is 12.2 Å². The minimum atomic E-state index is -0.116. The minimum Gasteiger partial charge on any atom is -0.378 e. The van der Waals surface area contributed by atoms with Gasteiger partial charge in [-0.05, 0) is 61.1 Å². The van der Waals surface area contributed by atoms with Crippen molar-refractivity contribution in [2.75, 3.05) is 55.4 Å². The molecule has 1 aliphatic heterocycles. The Labute approximate surface area is 171 Å². The molecule has 7 heteroatoms. The highest BCUT2D eigenvalue weighted by molar-refractivity contribution is 7.80. The van der Waals surface area contributed by atoms with Gasteiger partial charge in [0.05, 0.1) is 19.8 Å². The Balaban J connectivity index is 1.49. The average molecular weight is 399 g/mol. The van der Waals surface area contributed by atoms with Crippen molar-refractivity contribution in [3.8, 4) is 0 Å². The van der Waals surface area contributed by atoms with E-state index in [0.717, 1.165) is 48.9 Å². The van der Waals surface area contributed by atoms with E-state index in [1.54, 1.807) is 11.9 Å². The van der Waals surface area contributed by atoms with Crippen molar-refractivity contribution in [1.82, 2.24) is 4.90 Å². The van der Waals surface area contributed by atoms with Crippen LogP contribution in [0, 0.1) is 6.92 Å². The lowest BCUT2D eigenvalue weighted by Gasteiger charge is -2.29. The first-order valence-electron chi connectivity index (χ1n) is 9.32. The second-order valence-corrected chi connectivity index (χ2v) is 7.24. The summed E-state index contributed by atoms with van der Waals surface area (Å²) in [5.41, 5.74) is 3.97. The van der Waals surface area contributed by atoms with Crippen LogP contribution in [0.2, 0.25) is 0 Å². The summed E-state index contributed by atoms with van der Waals surface area (Å²) in [6.07, 6.45) is 0. The fraction of sp³-hybridized carbons (Fsp3) is 0.333. The third-order valence-corrected chi connectivity index (χ3v) is 4.94. The van der Waals surface area contributed by atoms with Crippen LogP contribution in [0.15, 0.2) is 48.5 Å². The van der Waals surface area contributed by atoms with Gasteiger partial charge in [-0.3, -0.25) is 4.79 Å². The lowest BCUT2D eigenvalue weighted by atomic mass is 10.2. The van der Waals surface area contributed by atoms with Gasteiger partial charge in [-0.15, -0.1) is 0 Å². The van der Waals surface area contributed by atoms with Gasteiger partial charge >= 0.3 is 0 Å². The van der Waals surface area contributed by atoms with Crippen LogP contribution in [-0.2, 0) is 9.53 Å². The fourth-order valence-corrected chi connectivity index (χ4v) is 3.19. The van der Waals surface area contributed by atoms with Gasteiger partial charge in [0.25, 0.3) is 0 Å². The Hall–Kier alpha value is -2.64. The SMILES string of the molecule is Cc1cccc(NC(=S)N(C)CC(=O)Nc2ccc(N3CCOCC3)cc2)c1. The molecule has 28 heavy (non-hydrogen) atoms. The zero-order valence-electron chi connectivity index (χ0n) is 16.3. The summed E-state index contributed by atoms with van der Waals surface area (Å²) in [6, 6.07) is 15.8. The summed E-state index contributed by atoms with van der Waals surface area (Å²) in [5.74, 6) is -0.116. The number of amides is 1. The number of nitrogens with zero attached hydrogens (tertiary/aromatic N) is 2. The highest BCUT2D eigenvalue weighted by Gasteiger charge is 2.13. The van der Waals surface area contributed by atoms with E-state index in [9.17, 15) is 4.79 Å². The monoisotopic (exact) mass is 398 g/mol. The molecule has 0 aromatic heterocycles. The highest BCUT2D eigenvalue weighted by Crippen LogP contribution is 2.19. The number of hydrogen-bond donors (Lipinski definition) is 2. The van der Waals surface area contributed by atoms with Gasteiger partial charge in [-0.25, -0.2) is 0 Å². The second-order valence-electron chi connectivity index (χ2n) is 6.85. The maximum atomic E-state index is 12.4. The van der Waals surface area contributed by atoms with Gasteiger partial charge in [0.15, 0.2) is 5.11 Å². The van der Waals surface area contributed by atoms with E-state index in [-0.39, 0.29) is 12.5 Å². The molecule has 1 aliphatic rings. The molecule has 3 rings (SSSR count). The van der Waals surface area contributed by atoms with E-state index in [1.807, 2.05) is 55.5 Å². The lowest BCUT2D eigenvalue weighted by molar-refractivity contribution is -0.116. The summed E-state index contributed by atoms with van der Waals surface area (Å²) in [7, 11) is 1.80. The van der Waals surface area contributed by atoms with E-state index >= 15 is 0 Å². The summed E-state index contributed by atoms with van der Waals surface area (Å²) in [5, 5.41) is 6.58. The first kappa shape index (κ1) is 20.1. The van der Waals surface area contributed by atoms with E-state index in [1.165, 1.54) is 0 Å². The molecule has 1 amide bonds. The normalized spacial score (nSPS) is 13.7. The number of carbonyl (C=O) groups excluding carboxylic acids is 1. The number of ether oxygens (including phenoxy) is 1. The number of rotatable bonds is 5. The number of benzene rings is 2. The Bertz CT molecular complexity index is 819. The summed E-state index contributed by atoms with van der Waals surface area (Å²) < 4.78 is 5.38. The number of aryl methyl sites for hydroxylation is 1. The molecule has 0 atom stereocenters. The molecule has 148 valence electrons. The quantitative estimate of drug-likeness (QED) is 0.755. The van der Waals surface area contributed by atoms with Crippen molar-refractivity contribution >= 4 is 40.3 Å². The fourth-order valence-electron chi connectivity index (χ4n) is 3.01. The van der Waals surface area contributed by atoms with Crippen LogP contribution in [0.5, 0.6) is 0 Å². The molecule has 0 saturated carbocycles. The van der Waals surface area contributed by atoms with Gasteiger partial charge in [0.2, 0.25) is 5.91 Å². The second kappa shape index (κ2) is 9.52. The molecule has 0 radical (unpaired) electrons. The third-order valence-electron chi connectivity index (χ3n) is 4.52. The van der Waals surface area contributed by atoms with Crippen molar-refractivity contribution < 1.29 is 9.53 Å². The van der Waals surface area contributed by atoms with Crippen LogP contribution in [-0.4, -0.2) is 55.8 Å². The maximum absolute atomic E-state index is 12.4. The molecular weight excluding hydrogens is 372 g/mol. The Morgan fingerprint density at radius 3 is 2.50 bits per heavy atom. The maximum Gasteiger partial charge on any atom is 0.243 e. The van der Waals surface area contributed by atoms with E-state index < -0.39 is 0 Å². The number of thiocarbonyl (C=S) groups is 1. The molecule has 6 nitrogen and oxygen atoms in total. The van der Waals surface area contributed by atoms with Crippen LogP contribution in [0.4, 0.5) is 17.1 Å². The molecule has 2 aromatic carbocycles. The third kappa shape index (κ3) is 5.68. The van der Waals surface area contributed by atoms with Crippen molar-refractivity contribution in [3.63, 3.8) is 0 Å². The number of anilines is 3.